The van der Waals surface area contributed by atoms with Gasteiger partial charge in [-0.25, -0.2) is 9.78 Å². The molecule has 0 saturated carbocycles. The molecule has 4 rings (SSSR count). The van der Waals surface area contributed by atoms with Crippen LogP contribution in [0.2, 0.25) is 5.02 Å². The van der Waals surface area contributed by atoms with Crippen molar-refractivity contribution < 1.29 is 0 Å². The van der Waals surface area contributed by atoms with Crippen molar-refractivity contribution in [2.24, 2.45) is 0 Å². The van der Waals surface area contributed by atoms with Crippen molar-refractivity contribution in [3.8, 4) is 0 Å². The van der Waals surface area contributed by atoms with Crippen LogP contribution in [0.4, 0.5) is 0 Å². The summed E-state index contributed by atoms with van der Waals surface area (Å²) in [6.07, 6.45) is 1.57. The summed E-state index contributed by atoms with van der Waals surface area (Å²) in [6, 6.07) is 18.6. The van der Waals surface area contributed by atoms with E-state index in [1.54, 1.807) is 47.2 Å². The second kappa shape index (κ2) is 7.44. The molecule has 4 aromatic rings. The minimum Gasteiger partial charge on any atom is -0.287 e. The zero-order valence-electron chi connectivity index (χ0n) is 15.3. The molecule has 0 aliphatic carbocycles. The van der Waals surface area contributed by atoms with Gasteiger partial charge in [0.05, 0.1) is 18.6 Å². The molecule has 0 bridgehead atoms. The highest BCUT2D eigenvalue weighted by atomic mass is 35.5. The normalized spacial score (nSPS) is 11.1. The second-order valence-corrected chi connectivity index (χ2v) is 7.18. The zero-order valence-corrected chi connectivity index (χ0v) is 16.1. The molecule has 6 heteroatoms. The van der Waals surface area contributed by atoms with E-state index in [1.165, 1.54) is 4.57 Å². The lowest BCUT2D eigenvalue weighted by Crippen LogP contribution is -2.40. The molecule has 0 atom stereocenters. The molecule has 0 unspecified atom stereocenters. The lowest BCUT2D eigenvalue weighted by molar-refractivity contribution is 0.633. The van der Waals surface area contributed by atoms with Crippen LogP contribution >= 0.6 is 11.6 Å². The van der Waals surface area contributed by atoms with Gasteiger partial charge in [-0.2, -0.15) is 0 Å². The summed E-state index contributed by atoms with van der Waals surface area (Å²) in [5, 5.41) is 0.605. The molecular formula is C22H18ClN3O2. The summed E-state index contributed by atoms with van der Waals surface area (Å²) in [4.78, 5) is 30.4. The number of halogens is 1. The van der Waals surface area contributed by atoms with Gasteiger partial charge in [-0.05, 0) is 42.3 Å². The van der Waals surface area contributed by atoms with Gasteiger partial charge in [-0.15, -0.1) is 0 Å². The Morgan fingerprint density at radius 3 is 2.14 bits per heavy atom. The summed E-state index contributed by atoms with van der Waals surface area (Å²) in [7, 11) is 0. The van der Waals surface area contributed by atoms with E-state index in [2.05, 4.69) is 4.98 Å². The molecule has 2 heterocycles. The number of benzene rings is 2. The Morgan fingerprint density at radius 1 is 0.857 bits per heavy atom. The van der Waals surface area contributed by atoms with E-state index < -0.39 is 5.56 Å². The fourth-order valence-corrected chi connectivity index (χ4v) is 3.31. The van der Waals surface area contributed by atoms with Gasteiger partial charge in [0.15, 0.2) is 5.52 Å². The number of hydrogen-bond acceptors (Lipinski definition) is 3. The summed E-state index contributed by atoms with van der Waals surface area (Å²) in [5.74, 6) is 0. The minimum absolute atomic E-state index is 0.162. The van der Waals surface area contributed by atoms with Crippen LogP contribution in [-0.4, -0.2) is 14.1 Å². The van der Waals surface area contributed by atoms with E-state index in [0.29, 0.717) is 17.1 Å². The van der Waals surface area contributed by atoms with Gasteiger partial charge < -0.3 is 0 Å². The van der Waals surface area contributed by atoms with Crippen LogP contribution in [0.1, 0.15) is 16.7 Å². The first kappa shape index (κ1) is 18.2. The highest BCUT2D eigenvalue weighted by Gasteiger charge is 2.14. The second-order valence-electron chi connectivity index (χ2n) is 6.74. The van der Waals surface area contributed by atoms with E-state index in [9.17, 15) is 9.59 Å². The maximum Gasteiger partial charge on any atom is 0.332 e. The summed E-state index contributed by atoms with van der Waals surface area (Å²) in [6.45, 7) is 2.54. The fraction of sp³-hybridized carbons (Fsp3) is 0.136. The molecule has 0 aliphatic heterocycles. The quantitative estimate of drug-likeness (QED) is 0.534. The average molecular weight is 392 g/mol. The van der Waals surface area contributed by atoms with Crippen molar-refractivity contribution in [1.29, 1.82) is 0 Å². The summed E-state index contributed by atoms with van der Waals surface area (Å²) >= 11 is 5.94. The van der Waals surface area contributed by atoms with Crippen molar-refractivity contribution in [3.63, 3.8) is 0 Å². The Labute approximate surface area is 166 Å². The van der Waals surface area contributed by atoms with Crippen LogP contribution in [-0.2, 0) is 13.1 Å². The van der Waals surface area contributed by atoms with Crippen molar-refractivity contribution >= 4 is 22.6 Å². The molecule has 0 radical (unpaired) electrons. The van der Waals surface area contributed by atoms with Crippen molar-refractivity contribution in [1.82, 2.24) is 14.1 Å². The molecule has 0 amide bonds. The molecule has 0 aliphatic rings. The topological polar surface area (TPSA) is 56.9 Å². The molecule has 0 fully saturated rings. The fourth-order valence-electron chi connectivity index (χ4n) is 3.18. The number of aromatic nitrogens is 3. The molecule has 0 N–H and O–H groups in total. The Balaban J connectivity index is 1.88. The van der Waals surface area contributed by atoms with Gasteiger partial charge in [-0.1, -0.05) is 53.6 Å². The number of rotatable bonds is 4. The monoisotopic (exact) mass is 391 g/mol. The number of fused-ring (bicyclic) bond motifs is 1. The van der Waals surface area contributed by atoms with E-state index in [-0.39, 0.29) is 17.8 Å². The first-order valence-corrected chi connectivity index (χ1v) is 9.29. The van der Waals surface area contributed by atoms with E-state index in [0.717, 1.165) is 16.7 Å². The lowest BCUT2D eigenvalue weighted by atomic mass is 10.1. The van der Waals surface area contributed by atoms with Crippen LogP contribution in [0.15, 0.2) is 76.4 Å². The van der Waals surface area contributed by atoms with Crippen LogP contribution in [0.25, 0.3) is 11.0 Å². The largest absolute Gasteiger partial charge is 0.332 e. The van der Waals surface area contributed by atoms with Crippen LogP contribution < -0.4 is 11.2 Å². The zero-order chi connectivity index (χ0) is 19.7. The van der Waals surface area contributed by atoms with E-state index in [1.807, 2.05) is 31.2 Å². The number of nitrogens with zero attached hydrogens (tertiary/aromatic N) is 3. The number of hydrogen-bond donors (Lipinski definition) is 0. The average Bonchev–Trinajstić information content (AvgIpc) is 2.71. The third-order valence-electron chi connectivity index (χ3n) is 4.70. The Bertz CT molecular complexity index is 1260. The SMILES string of the molecule is Cc1ccc(Cn2c(=O)n(Cc3ccc(Cl)cc3)c(=O)c3ncccc32)cc1. The maximum atomic E-state index is 13.2. The van der Waals surface area contributed by atoms with Gasteiger partial charge in [0.1, 0.15) is 0 Å². The van der Waals surface area contributed by atoms with Gasteiger partial charge in [-0.3, -0.25) is 13.9 Å². The first-order chi connectivity index (χ1) is 13.5. The van der Waals surface area contributed by atoms with Gasteiger partial charge >= 0.3 is 5.69 Å². The molecule has 5 nitrogen and oxygen atoms in total. The summed E-state index contributed by atoms with van der Waals surface area (Å²) in [5.41, 5.74) is 3.01. The predicted octanol–water partition coefficient (Wildman–Crippen LogP) is 3.62. The molecule has 0 spiro atoms. The summed E-state index contributed by atoms with van der Waals surface area (Å²) < 4.78 is 2.83. The Hall–Kier alpha value is -3.18. The van der Waals surface area contributed by atoms with E-state index in [4.69, 9.17) is 11.6 Å². The van der Waals surface area contributed by atoms with Crippen LogP contribution in [0, 0.1) is 6.92 Å². The molecular weight excluding hydrogens is 374 g/mol. The van der Waals surface area contributed by atoms with Crippen molar-refractivity contribution in [2.45, 2.75) is 20.0 Å². The predicted molar refractivity (Wildman–Crippen MR) is 111 cm³/mol. The van der Waals surface area contributed by atoms with Crippen LogP contribution in [0.3, 0.4) is 0 Å². The highest BCUT2D eigenvalue weighted by molar-refractivity contribution is 6.30. The number of aryl methyl sites for hydroxylation is 1. The Morgan fingerprint density at radius 2 is 1.46 bits per heavy atom. The smallest absolute Gasteiger partial charge is 0.287 e. The lowest BCUT2D eigenvalue weighted by Gasteiger charge is -2.14. The molecule has 2 aromatic carbocycles. The first-order valence-electron chi connectivity index (χ1n) is 8.91. The third kappa shape index (κ3) is 3.49. The van der Waals surface area contributed by atoms with Crippen molar-refractivity contribution in [2.75, 3.05) is 0 Å². The van der Waals surface area contributed by atoms with Crippen molar-refractivity contribution in [3.05, 3.63) is 109 Å². The van der Waals surface area contributed by atoms with E-state index >= 15 is 0 Å². The maximum absolute atomic E-state index is 13.2. The standard InChI is InChI=1S/C22H18ClN3O2/c1-15-4-6-16(7-5-15)13-25-19-3-2-12-24-20(19)21(27)26(22(25)28)14-17-8-10-18(23)11-9-17/h2-12H,13-14H2,1H3. The molecule has 0 saturated heterocycles. The van der Waals surface area contributed by atoms with Gasteiger partial charge in [0.25, 0.3) is 5.56 Å². The minimum atomic E-state index is -0.393. The van der Waals surface area contributed by atoms with Gasteiger partial charge in [0.2, 0.25) is 0 Å². The molecule has 28 heavy (non-hydrogen) atoms. The highest BCUT2D eigenvalue weighted by Crippen LogP contribution is 2.12. The Kier molecular flexibility index (Phi) is 4.84. The van der Waals surface area contributed by atoms with Crippen LogP contribution in [0.5, 0.6) is 0 Å². The molecule has 2 aromatic heterocycles. The number of pyridine rings is 1. The third-order valence-corrected chi connectivity index (χ3v) is 4.95. The molecule has 140 valence electrons. The van der Waals surface area contributed by atoms with Gasteiger partial charge in [0, 0.05) is 11.2 Å².